The van der Waals surface area contributed by atoms with Crippen molar-refractivity contribution in [3.8, 4) is 0 Å². The van der Waals surface area contributed by atoms with Crippen molar-refractivity contribution in [3.63, 3.8) is 0 Å². The van der Waals surface area contributed by atoms with Crippen molar-refractivity contribution in [2.24, 2.45) is 0 Å². The lowest BCUT2D eigenvalue weighted by atomic mass is 10.2. The number of oxazole rings is 1. The van der Waals surface area contributed by atoms with Crippen molar-refractivity contribution >= 4 is 23.4 Å². The Balaban J connectivity index is 2.14. The maximum Gasteiger partial charge on any atom is 0.260 e. The second kappa shape index (κ2) is 6.98. The molecule has 0 aliphatic rings. The van der Waals surface area contributed by atoms with Gasteiger partial charge in [-0.25, -0.2) is 4.98 Å². The van der Waals surface area contributed by atoms with E-state index in [2.05, 4.69) is 17.2 Å². The van der Waals surface area contributed by atoms with E-state index in [1.807, 2.05) is 25.1 Å². The van der Waals surface area contributed by atoms with Crippen LogP contribution in [0, 0.1) is 6.92 Å². The maximum atomic E-state index is 6.06. The van der Waals surface area contributed by atoms with Gasteiger partial charge in [0.05, 0.1) is 5.69 Å². The van der Waals surface area contributed by atoms with Gasteiger partial charge in [0, 0.05) is 16.5 Å². The number of nitrogens with one attached hydrogen (secondary N) is 1. The molecular formula is C14H17ClN2OS. The summed E-state index contributed by atoms with van der Waals surface area (Å²) >= 11 is 7.57. The summed E-state index contributed by atoms with van der Waals surface area (Å²) in [5.74, 6) is 0. The zero-order valence-corrected chi connectivity index (χ0v) is 12.6. The molecule has 0 atom stereocenters. The summed E-state index contributed by atoms with van der Waals surface area (Å²) in [6.07, 6.45) is 2.77. The lowest BCUT2D eigenvalue weighted by Crippen LogP contribution is -2.14. The van der Waals surface area contributed by atoms with Crippen LogP contribution in [0.15, 0.2) is 39.0 Å². The van der Waals surface area contributed by atoms with Crippen molar-refractivity contribution in [1.82, 2.24) is 10.3 Å². The predicted octanol–water partition coefficient (Wildman–Crippen LogP) is 4.29. The van der Waals surface area contributed by atoms with E-state index in [4.69, 9.17) is 16.0 Å². The van der Waals surface area contributed by atoms with Gasteiger partial charge in [-0.3, -0.25) is 0 Å². The second-order valence-electron chi connectivity index (χ2n) is 4.29. The highest BCUT2D eigenvalue weighted by molar-refractivity contribution is 7.99. The summed E-state index contributed by atoms with van der Waals surface area (Å²) in [7, 11) is 0. The highest BCUT2D eigenvalue weighted by atomic mass is 35.5. The number of halogens is 1. The van der Waals surface area contributed by atoms with Crippen molar-refractivity contribution in [3.05, 3.63) is 40.7 Å². The van der Waals surface area contributed by atoms with Gasteiger partial charge in [0.15, 0.2) is 0 Å². The number of nitrogens with zero attached hydrogens (tertiary/aromatic N) is 1. The Morgan fingerprint density at radius 1 is 1.42 bits per heavy atom. The molecule has 0 spiro atoms. The standard InChI is InChI=1S/C14H17ClN2OS/c1-3-6-16-8-11-4-5-12(15)7-13(11)19-14-17-10(2)9-18-14/h4-5,7,9,16H,3,6,8H2,1-2H3. The highest BCUT2D eigenvalue weighted by Crippen LogP contribution is 2.32. The first kappa shape index (κ1) is 14.4. The van der Waals surface area contributed by atoms with Gasteiger partial charge >= 0.3 is 0 Å². The molecule has 0 saturated heterocycles. The van der Waals surface area contributed by atoms with Crippen molar-refractivity contribution in [2.75, 3.05) is 6.54 Å². The fraction of sp³-hybridized carbons (Fsp3) is 0.357. The molecule has 1 aromatic heterocycles. The number of aromatic nitrogens is 1. The zero-order chi connectivity index (χ0) is 13.7. The van der Waals surface area contributed by atoms with Crippen molar-refractivity contribution < 1.29 is 4.42 Å². The number of hydrogen-bond donors (Lipinski definition) is 1. The first-order valence-electron chi connectivity index (χ1n) is 6.28. The van der Waals surface area contributed by atoms with E-state index in [0.29, 0.717) is 5.22 Å². The lowest BCUT2D eigenvalue weighted by molar-refractivity contribution is 0.454. The van der Waals surface area contributed by atoms with E-state index in [1.165, 1.54) is 17.3 Å². The van der Waals surface area contributed by atoms with Crippen LogP contribution in [0.5, 0.6) is 0 Å². The van der Waals surface area contributed by atoms with E-state index in [9.17, 15) is 0 Å². The van der Waals surface area contributed by atoms with Gasteiger partial charge in [-0.05, 0) is 49.3 Å². The van der Waals surface area contributed by atoms with E-state index < -0.39 is 0 Å². The first-order valence-corrected chi connectivity index (χ1v) is 7.47. The Morgan fingerprint density at radius 3 is 2.95 bits per heavy atom. The third-order valence-corrected chi connectivity index (χ3v) is 3.76. The third-order valence-electron chi connectivity index (χ3n) is 2.57. The van der Waals surface area contributed by atoms with Crippen molar-refractivity contribution in [1.29, 1.82) is 0 Å². The Kier molecular flexibility index (Phi) is 5.31. The molecule has 0 aliphatic carbocycles. The summed E-state index contributed by atoms with van der Waals surface area (Å²) in [5, 5.41) is 4.77. The Bertz CT molecular complexity index is 542. The Morgan fingerprint density at radius 2 is 2.26 bits per heavy atom. The quantitative estimate of drug-likeness (QED) is 0.807. The van der Waals surface area contributed by atoms with Gasteiger partial charge in [0.1, 0.15) is 6.26 Å². The molecule has 0 fully saturated rings. The minimum Gasteiger partial charge on any atom is -0.439 e. The topological polar surface area (TPSA) is 38.1 Å². The SMILES string of the molecule is CCCNCc1ccc(Cl)cc1Sc1nc(C)co1. The van der Waals surface area contributed by atoms with Crippen LogP contribution in [0.2, 0.25) is 5.02 Å². The molecule has 0 bridgehead atoms. The number of rotatable bonds is 6. The molecule has 102 valence electrons. The summed E-state index contributed by atoms with van der Waals surface area (Å²) in [6.45, 7) is 5.90. The Labute approximate surface area is 122 Å². The maximum absolute atomic E-state index is 6.06. The van der Waals surface area contributed by atoms with Crippen LogP contribution in [-0.4, -0.2) is 11.5 Å². The molecule has 0 amide bonds. The predicted molar refractivity (Wildman–Crippen MR) is 78.8 cm³/mol. The molecule has 0 aliphatic heterocycles. The second-order valence-corrected chi connectivity index (χ2v) is 5.72. The van der Waals surface area contributed by atoms with E-state index in [0.717, 1.165) is 35.1 Å². The first-order chi connectivity index (χ1) is 9.19. The van der Waals surface area contributed by atoms with Gasteiger partial charge in [0.2, 0.25) is 0 Å². The fourth-order valence-electron chi connectivity index (χ4n) is 1.64. The minimum absolute atomic E-state index is 0.650. The van der Waals surface area contributed by atoms with Gasteiger partial charge < -0.3 is 9.73 Å². The molecule has 0 radical (unpaired) electrons. The summed E-state index contributed by atoms with van der Waals surface area (Å²) in [6, 6.07) is 5.91. The smallest absolute Gasteiger partial charge is 0.260 e. The summed E-state index contributed by atoms with van der Waals surface area (Å²) < 4.78 is 5.38. The largest absolute Gasteiger partial charge is 0.439 e. The normalized spacial score (nSPS) is 10.9. The van der Waals surface area contributed by atoms with Crippen LogP contribution >= 0.6 is 23.4 Å². The molecule has 3 nitrogen and oxygen atoms in total. The van der Waals surface area contributed by atoms with E-state index >= 15 is 0 Å². The molecule has 1 aromatic carbocycles. The van der Waals surface area contributed by atoms with Crippen LogP contribution in [0.4, 0.5) is 0 Å². The number of aryl methyl sites for hydroxylation is 1. The minimum atomic E-state index is 0.650. The molecule has 1 heterocycles. The van der Waals surface area contributed by atoms with Gasteiger partial charge in [0.25, 0.3) is 5.22 Å². The number of hydrogen-bond acceptors (Lipinski definition) is 4. The van der Waals surface area contributed by atoms with Crippen LogP contribution in [0.3, 0.4) is 0 Å². The third kappa shape index (κ3) is 4.27. The van der Waals surface area contributed by atoms with E-state index in [1.54, 1.807) is 6.26 Å². The molecule has 2 rings (SSSR count). The molecule has 1 N–H and O–H groups in total. The summed E-state index contributed by atoms with van der Waals surface area (Å²) in [5.41, 5.74) is 2.09. The van der Waals surface area contributed by atoms with Crippen molar-refractivity contribution in [2.45, 2.75) is 36.9 Å². The molecule has 0 unspecified atom stereocenters. The van der Waals surface area contributed by atoms with Crippen LogP contribution in [0.25, 0.3) is 0 Å². The molecule has 0 saturated carbocycles. The molecule has 5 heteroatoms. The van der Waals surface area contributed by atoms with Gasteiger partial charge in [-0.2, -0.15) is 0 Å². The highest BCUT2D eigenvalue weighted by Gasteiger charge is 2.09. The molecule has 2 aromatic rings. The lowest BCUT2D eigenvalue weighted by Gasteiger charge is -2.09. The molecular weight excluding hydrogens is 280 g/mol. The van der Waals surface area contributed by atoms with Crippen LogP contribution in [-0.2, 0) is 6.54 Å². The summed E-state index contributed by atoms with van der Waals surface area (Å²) in [4.78, 5) is 5.39. The number of benzene rings is 1. The zero-order valence-electron chi connectivity index (χ0n) is 11.1. The van der Waals surface area contributed by atoms with Crippen LogP contribution < -0.4 is 5.32 Å². The van der Waals surface area contributed by atoms with Crippen LogP contribution in [0.1, 0.15) is 24.6 Å². The van der Waals surface area contributed by atoms with E-state index in [-0.39, 0.29) is 0 Å². The average Bonchev–Trinajstić information content (AvgIpc) is 2.78. The van der Waals surface area contributed by atoms with Gasteiger partial charge in [-0.15, -0.1) is 0 Å². The van der Waals surface area contributed by atoms with Gasteiger partial charge in [-0.1, -0.05) is 24.6 Å². The monoisotopic (exact) mass is 296 g/mol. The Hall–Kier alpha value is -0.970. The molecule has 19 heavy (non-hydrogen) atoms. The fourth-order valence-corrected chi connectivity index (χ4v) is 2.81. The average molecular weight is 297 g/mol.